The molecular weight excluding hydrogens is 433 g/mol. The highest BCUT2D eigenvalue weighted by Gasteiger charge is 2.28. The van der Waals surface area contributed by atoms with Crippen molar-refractivity contribution in [3.8, 4) is 0 Å². The zero-order valence-corrected chi connectivity index (χ0v) is 15.7. The first-order valence-electron chi connectivity index (χ1n) is 6.72. The second-order valence-corrected chi connectivity index (χ2v) is 7.89. The summed E-state index contributed by atoms with van der Waals surface area (Å²) in [5.41, 5.74) is 0.846. The van der Waals surface area contributed by atoms with Crippen LogP contribution in [0.1, 0.15) is 18.4 Å². The number of anilines is 1. The van der Waals surface area contributed by atoms with Crippen molar-refractivity contribution >= 4 is 44.2 Å². The molecule has 0 bridgehead atoms. The number of aryl methyl sites for hydroxylation is 2. The number of halogens is 1. The number of carbonyl (C=O) groups is 1. The molecule has 23 heavy (non-hydrogen) atoms. The summed E-state index contributed by atoms with van der Waals surface area (Å²) in [6, 6.07) is 6.22. The molecule has 2 aromatic rings. The van der Waals surface area contributed by atoms with Gasteiger partial charge in [-0.3, -0.25) is 4.79 Å². The van der Waals surface area contributed by atoms with Crippen LogP contribution in [0, 0.1) is 17.4 Å². The van der Waals surface area contributed by atoms with Crippen molar-refractivity contribution in [3.05, 3.63) is 39.3 Å². The Bertz CT molecular complexity index is 796. The molecule has 7 nitrogen and oxygen atoms in total. The van der Waals surface area contributed by atoms with E-state index in [0.29, 0.717) is 5.69 Å². The maximum Gasteiger partial charge on any atom is 0.246 e. The van der Waals surface area contributed by atoms with Crippen LogP contribution in [0.3, 0.4) is 0 Å². The molecule has 0 radical (unpaired) electrons. The number of carbonyl (C=O) groups excluding carboxylic acids is 1. The van der Waals surface area contributed by atoms with Crippen LogP contribution in [0.15, 0.2) is 33.7 Å². The Morgan fingerprint density at radius 3 is 2.39 bits per heavy atom. The number of rotatable bonds is 5. The minimum absolute atomic E-state index is 0.0357. The third-order valence-corrected chi connectivity index (χ3v) is 5.58. The van der Waals surface area contributed by atoms with Crippen molar-refractivity contribution in [1.29, 1.82) is 0 Å². The molecule has 2 rings (SSSR count). The van der Waals surface area contributed by atoms with E-state index < -0.39 is 22.0 Å². The highest BCUT2D eigenvalue weighted by atomic mass is 127. The standard InChI is InChI=1S/C14H16IN3O4S/c1-8-13(10(3)22-17-8)23(20,21)18-9(2)14(19)16-12-6-4-11(15)5-7-12/h4-7,9,18H,1-3H3,(H,16,19)/t9-/m0/s1. The van der Waals surface area contributed by atoms with Crippen molar-refractivity contribution in [2.24, 2.45) is 0 Å². The van der Waals surface area contributed by atoms with E-state index in [0.717, 1.165) is 3.57 Å². The second-order valence-electron chi connectivity index (χ2n) is 4.99. The summed E-state index contributed by atoms with van der Waals surface area (Å²) >= 11 is 2.15. The van der Waals surface area contributed by atoms with Crippen LogP contribution in [0.4, 0.5) is 5.69 Å². The largest absolute Gasteiger partial charge is 0.360 e. The van der Waals surface area contributed by atoms with Crippen LogP contribution < -0.4 is 10.0 Å². The number of hydrogen-bond donors (Lipinski definition) is 2. The van der Waals surface area contributed by atoms with Crippen molar-refractivity contribution < 1.29 is 17.7 Å². The number of aromatic nitrogens is 1. The molecule has 0 unspecified atom stereocenters. The molecule has 1 atom stereocenters. The molecule has 0 aliphatic carbocycles. The molecule has 1 heterocycles. The Kier molecular flexibility index (Phi) is 5.42. The lowest BCUT2D eigenvalue weighted by atomic mass is 10.3. The smallest absolute Gasteiger partial charge is 0.246 e. The summed E-state index contributed by atoms with van der Waals surface area (Å²) in [4.78, 5) is 12.1. The van der Waals surface area contributed by atoms with Crippen LogP contribution in [-0.2, 0) is 14.8 Å². The quantitative estimate of drug-likeness (QED) is 0.682. The molecular formula is C14H16IN3O4S. The number of nitrogens with zero attached hydrogens (tertiary/aromatic N) is 1. The Balaban J connectivity index is 2.10. The minimum atomic E-state index is -3.89. The molecule has 0 aliphatic heterocycles. The maximum absolute atomic E-state index is 12.4. The predicted molar refractivity (Wildman–Crippen MR) is 93.5 cm³/mol. The SMILES string of the molecule is Cc1noc(C)c1S(=O)(=O)N[C@@H](C)C(=O)Nc1ccc(I)cc1. The summed E-state index contributed by atoms with van der Waals surface area (Å²) in [6.07, 6.45) is 0. The number of nitrogens with one attached hydrogen (secondary N) is 2. The topological polar surface area (TPSA) is 101 Å². The van der Waals surface area contributed by atoms with E-state index in [1.807, 2.05) is 12.1 Å². The fraction of sp³-hybridized carbons (Fsp3) is 0.286. The monoisotopic (exact) mass is 449 g/mol. The van der Waals surface area contributed by atoms with Gasteiger partial charge in [-0.05, 0) is 67.6 Å². The highest BCUT2D eigenvalue weighted by Crippen LogP contribution is 2.19. The predicted octanol–water partition coefficient (Wildman–Crippen LogP) is 2.20. The van der Waals surface area contributed by atoms with Crippen LogP contribution in [0.25, 0.3) is 0 Å². The molecule has 0 spiro atoms. The molecule has 124 valence electrons. The summed E-state index contributed by atoms with van der Waals surface area (Å²) in [5, 5.41) is 6.27. The van der Waals surface area contributed by atoms with E-state index in [-0.39, 0.29) is 16.3 Å². The number of hydrogen-bond acceptors (Lipinski definition) is 5. The molecule has 1 amide bonds. The molecule has 0 aliphatic rings. The summed E-state index contributed by atoms with van der Waals surface area (Å²) < 4.78 is 32.9. The molecule has 0 fully saturated rings. The van der Waals surface area contributed by atoms with E-state index >= 15 is 0 Å². The van der Waals surface area contributed by atoms with Crippen LogP contribution in [0.5, 0.6) is 0 Å². The molecule has 0 saturated heterocycles. The van der Waals surface area contributed by atoms with E-state index in [1.54, 1.807) is 12.1 Å². The Morgan fingerprint density at radius 1 is 1.26 bits per heavy atom. The first-order chi connectivity index (χ1) is 10.7. The lowest BCUT2D eigenvalue weighted by Gasteiger charge is -2.14. The first kappa shape index (κ1) is 17.9. The van der Waals surface area contributed by atoms with Crippen molar-refractivity contribution in [2.75, 3.05) is 5.32 Å². The fourth-order valence-electron chi connectivity index (χ4n) is 1.99. The second kappa shape index (κ2) is 6.97. The van der Waals surface area contributed by atoms with Gasteiger partial charge in [0.1, 0.15) is 10.6 Å². The molecule has 1 aromatic carbocycles. The van der Waals surface area contributed by atoms with Crippen molar-refractivity contribution in [3.63, 3.8) is 0 Å². The summed E-state index contributed by atoms with van der Waals surface area (Å²) in [6.45, 7) is 4.50. The van der Waals surface area contributed by atoms with Crippen LogP contribution in [-0.4, -0.2) is 25.5 Å². The molecule has 1 aromatic heterocycles. The van der Waals surface area contributed by atoms with Gasteiger partial charge in [0.25, 0.3) is 0 Å². The third kappa shape index (κ3) is 4.30. The van der Waals surface area contributed by atoms with Gasteiger partial charge in [-0.15, -0.1) is 0 Å². The van der Waals surface area contributed by atoms with Crippen LogP contribution in [0.2, 0.25) is 0 Å². The minimum Gasteiger partial charge on any atom is -0.360 e. The average Bonchev–Trinajstić information content (AvgIpc) is 2.80. The zero-order chi connectivity index (χ0) is 17.2. The lowest BCUT2D eigenvalue weighted by molar-refractivity contribution is -0.117. The average molecular weight is 449 g/mol. The summed E-state index contributed by atoms with van der Waals surface area (Å²) in [7, 11) is -3.89. The van der Waals surface area contributed by atoms with Gasteiger partial charge in [0.15, 0.2) is 5.76 Å². The van der Waals surface area contributed by atoms with E-state index in [9.17, 15) is 13.2 Å². The van der Waals surface area contributed by atoms with Crippen molar-refractivity contribution in [1.82, 2.24) is 9.88 Å². The van der Waals surface area contributed by atoms with Crippen LogP contribution >= 0.6 is 22.6 Å². The van der Waals surface area contributed by atoms with Gasteiger partial charge in [0.05, 0.1) is 6.04 Å². The van der Waals surface area contributed by atoms with E-state index in [4.69, 9.17) is 4.52 Å². The molecule has 0 saturated carbocycles. The number of amides is 1. The van der Waals surface area contributed by atoms with Gasteiger partial charge in [-0.2, -0.15) is 4.72 Å². The normalized spacial score (nSPS) is 12.9. The molecule has 2 N–H and O–H groups in total. The maximum atomic E-state index is 12.4. The molecule has 9 heteroatoms. The number of benzene rings is 1. The summed E-state index contributed by atoms with van der Waals surface area (Å²) in [5.74, 6) is -0.276. The number of sulfonamides is 1. The first-order valence-corrected chi connectivity index (χ1v) is 9.28. The van der Waals surface area contributed by atoms with Gasteiger partial charge in [-0.25, -0.2) is 8.42 Å². The Morgan fingerprint density at radius 2 is 1.87 bits per heavy atom. The lowest BCUT2D eigenvalue weighted by Crippen LogP contribution is -2.41. The van der Waals surface area contributed by atoms with Gasteiger partial charge in [0, 0.05) is 9.26 Å². The zero-order valence-electron chi connectivity index (χ0n) is 12.8. The van der Waals surface area contributed by atoms with Gasteiger partial charge < -0.3 is 9.84 Å². The fourth-order valence-corrected chi connectivity index (χ4v) is 3.88. The van der Waals surface area contributed by atoms with E-state index in [2.05, 4.69) is 37.8 Å². The Hall–Kier alpha value is -1.46. The van der Waals surface area contributed by atoms with Gasteiger partial charge in [0.2, 0.25) is 15.9 Å². The Labute approximate surface area is 148 Å². The third-order valence-electron chi connectivity index (χ3n) is 3.07. The van der Waals surface area contributed by atoms with Gasteiger partial charge >= 0.3 is 0 Å². The highest BCUT2D eigenvalue weighted by molar-refractivity contribution is 14.1. The van der Waals surface area contributed by atoms with E-state index in [1.165, 1.54) is 20.8 Å². The van der Waals surface area contributed by atoms with Gasteiger partial charge in [-0.1, -0.05) is 5.16 Å². The van der Waals surface area contributed by atoms with Crippen molar-refractivity contribution in [2.45, 2.75) is 31.7 Å².